The number of rotatable bonds is 1. The number of benzene rings is 1. The van der Waals surface area contributed by atoms with E-state index >= 15 is 0 Å². The third-order valence-corrected chi connectivity index (χ3v) is 3.36. The first-order chi connectivity index (χ1) is 8.77. The summed E-state index contributed by atoms with van der Waals surface area (Å²) in [6.45, 7) is 3.22. The predicted molar refractivity (Wildman–Crippen MR) is 70.8 cm³/mol. The molecule has 2 rings (SSSR count). The summed E-state index contributed by atoms with van der Waals surface area (Å²) in [4.78, 5) is 3.72. The minimum Gasteiger partial charge on any atom is -0.387 e. The summed E-state index contributed by atoms with van der Waals surface area (Å²) in [7, 11) is 1.59. The van der Waals surface area contributed by atoms with Crippen LogP contribution in [0.15, 0.2) is 12.1 Å². The van der Waals surface area contributed by atoms with Gasteiger partial charge in [0, 0.05) is 23.7 Å². The molecule has 19 heavy (non-hydrogen) atoms. The quantitative estimate of drug-likeness (QED) is 0.832. The number of aromatic nitrogens is 1. The monoisotopic (exact) mass is 288 g/mol. The number of nitrogens with zero attached hydrogens (tertiary/aromatic N) is 1. The van der Waals surface area contributed by atoms with Crippen molar-refractivity contribution in [3.63, 3.8) is 0 Å². The summed E-state index contributed by atoms with van der Waals surface area (Å²) in [5, 5.41) is 3.66. The van der Waals surface area contributed by atoms with Crippen LogP contribution in [0.4, 0.5) is 18.9 Å². The van der Waals surface area contributed by atoms with Crippen molar-refractivity contribution in [3.8, 4) is 0 Å². The maximum Gasteiger partial charge on any atom is 0.433 e. The standard InChI is InChI=1S/C13H12ClF3N2/c1-6-4-5-8(14)11-9(6)10(18-3)7(2)12(19-11)13(15,16)17/h4-5H,1-3H3,(H,18,19). The molecule has 0 saturated heterocycles. The van der Waals surface area contributed by atoms with E-state index in [0.29, 0.717) is 11.1 Å². The first-order valence-electron chi connectivity index (χ1n) is 5.61. The fourth-order valence-electron chi connectivity index (χ4n) is 2.18. The number of aryl methyl sites for hydroxylation is 1. The van der Waals surface area contributed by atoms with Crippen molar-refractivity contribution in [2.24, 2.45) is 0 Å². The maximum atomic E-state index is 13.0. The lowest BCUT2D eigenvalue weighted by atomic mass is 10.0. The van der Waals surface area contributed by atoms with Gasteiger partial charge in [-0.2, -0.15) is 13.2 Å². The smallest absolute Gasteiger partial charge is 0.387 e. The van der Waals surface area contributed by atoms with Crippen LogP contribution < -0.4 is 5.32 Å². The van der Waals surface area contributed by atoms with Crippen LogP contribution in [-0.2, 0) is 6.18 Å². The molecule has 0 amide bonds. The van der Waals surface area contributed by atoms with Gasteiger partial charge in [0.1, 0.15) is 5.69 Å². The highest BCUT2D eigenvalue weighted by Gasteiger charge is 2.36. The SMILES string of the molecule is CNc1c(C)c(C(F)(F)F)nc2c(Cl)ccc(C)c12. The Morgan fingerprint density at radius 3 is 2.37 bits per heavy atom. The van der Waals surface area contributed by atoms with E-state index in [1.54, 1.807) is 19.2 Å². The molecule has 2 nitrogen and oxygen atoms in total. The first kappa shape index (κ1) is 13.9. The molecule has 2 aromatic rings. The zero-order valence-electron chi connectivity index (χ0n) is 10.6. The van der Waals surface area contributed by atoms with E-state index in [4.69, 9.17) is 11.6 Å². The number of pyridine rings is 1. The zero-order valence-corrected chi connectivity index (χ0v) is 11.4. The summed E-state index contributed by atoms with van der Waals surface area (Å²) >= 11 is 5.97. The molecule has 0 fully saturated rings. The number of anilines is 1. The zero-order chi connectivity index (χ0) is 14.4. The molecular weight excluding hydrogens is 277 g/mol. The summed E-state index contributed by atoms with van der Waals surface area (Å²) in [5.74, 6) is 0. The number of halogens is 4. The van der Waals surface area contributed by atoms with Crippen molar-refractivity contribution >= 4 is 28.2 Å². The minimum atomic E-state index is -4.50. The van der Waals surface area contributed by atoms with Gasteiger partial charge in [-0.1, -0.05) is 17.7 Å². The van der Waals surface area contributed by atoms with Gasteiger partial charge in [-0.25, -0.2) is 4.98 Å². The van der Waals surface area contributed by atoms with Crippen LogP contribution in [0.2, 0.25) is 5.02 Å². The van der Waals surface area contributed by atoms with Gasteiger partial charge in [0.15, 0.2) is 0 Å². The van der Waals surface area contributed by atoms with Crippen LogP contribution in [-0.4, -0.2) is 12.0 Å². The Morgan fingerprint density at radius 2 is 1.84 bits per heavy atom. The normalized spacial score (nSPS) is 11.9. The number of nitrogens with one attached hydrogen (secondary N) is 1. The second kappa shape index (κ2) is 4.56. The van der Waals surface area contributed by atoms with Gasteiger partial charge in [-0.05, 0) is 25.5 Å². The molecule has 0 aliphatic rings. The van der Waals surface area contributed by atoms with E-state index < -0.39 is 11.9 Å². The molecule has 0 unspecified atom stereocenters. The van der Waals surface area contributed by atoms with E-state index in [-0.39, 0.29) is 16.1 Å². The minimum absolute atomic E-state index is 0.0767. The Morgan fingerprint density at radius 1 is 1.21 bits per heavy atom. The van der Waals surface area contributed by atoms with Crippen molar-refractivity contribution in [1.82, 2.24) is 4.98 Å². The van der Waals surface area contributed by atoms with Crippen LogP contribution in [0.3, 0.4) is 0 Å². The Labute approximate surface area is 113 Å². The molecule has 0 aliphatic carbocycles. The van der Waals surface area contributed by atoms with Crippen molar-refractivity contribution in [2.75, 3.05) is 12.4 Å². The fraction of sp³-hybridized carbons (Fsp3) is 0.308. The Hall–Kier alpha value is -1.49. The van der Waals surface area contributed by atoms with E-state index in [1.807, 2.05) is 6.92 Å². The van der Waals surface area contributed by atoms with Gasteiger partial charge in [0.05, 0.1) is 10.5 Å². The number of hydrogen-bond donors (Lipinski definition) is 1. The topological polar surface area (TPSA) is 24.9 Å². The van der Waals surface area contributed by atoms with Gasteiger partial charge in [0.25, 0.3) is 0 Å². The number of fused-ring (bicyclic) bond motifs is 1. The summed E-state index contributed by atoms with van der Waals surface area (Å²) < 4.78 is 39.0. The lowest BCUT2D eigenvalue weighted by molar-refractivity contribution is -0.141. The number of hydrogen-bond acceptors (Lipinski definition) is 2. The van der Waals surface area contributed by atoms with Gasteiger partial charge in [-0.3, -0.25) is 0 Å². The summed E-state index contributed by atoms with van der Waals surface area (Å²) in [6, 6.07) is 3.32. The molecule has 0 aliphatic heterocycles. The summed E-state index contributed by atoms with van der Waals surface area (Å²) in [5.41, 5.74) is 0.582. The van der Waals surface area contributed by atoms with Crippen molar-refractivity contribution in [1.29, 1.82) is 0 Å². The van der Waals surface area contributed by atoms with Crippen LogP contribution in [0.5, 0.6) is 0 Å². The molecule has 6 heteroatoms. The average molecular weight is 289 g/mol. The molecule has 0 bridgehead atoms. The van der Waals surface area contributed by atoms with Crippen molar-refractivity contribution < 1.29 is 13.2 Å². The van der Waals surface area contributed by atoms with Crippen LogP contribution in [0, 0.1) is 13.8 Å². The Balaban J connectivity index is 2.99. The highest BCUT2D eigenvalue weighted by Crippen LogP contribution is 2.39. The van der Waals surface area contributed by atoms with Gasteiger partial charge in [0.2, 0.25) is 0 Å². The van der Waals surface area contributed by atoms with Crippen LogP contribution >= 0.6 is 11.6 Å². The van der Waals surface area contributed by atoms with Gasteiger partial charge in [-0.15, -0.1) is 0 Å². The molecule has 102 valence electrons. The highest BCUT2D eigenvalue weighted by molar-refractivity contribution is 6.35. The Kier molecular flexibility index (Phi) is 3.34. The predicted octanol–water partition coefficient (Wildman–Crippen LogP) is 4.57. The lowest BCUT2D eigenvalue weighted by Crippen LogP contribution is -2.13. The molecule has 1 N–H and O–H groups in total. The van der Waals surface area contributed by atoms with Gasteiger partial charge >= 0.3 is 6.18 Å². The first-order valence-corrected chi connectivity index (χ1v) is 5.99. The fourth-order valence-corrected chi connectivity index (χ4v) is 2.38. The van der Waals surface area contributed by atoms with Crippen molar-refractivity contribution in [2.45, 2.75) is 20.0 Å². The third-order valence-electron chi connectivity index (χ3n) is 3.06. The molecule has 1 aromatic carbocycles. The van der Waals surface area contributed by atoms with Gasteiger partial charge < -0.3 is 5.32 Å². The largest absolute Gasteiger partial charge is 0.433 e. The number of alkyl halides is 3. The molecule has 0 saturated carbocycles. The lowest BCUT2D eigenvalue weighted by Gasteiger charge is -2.17. The van der Waals surface area contributed by atoms with E-state index in [0.717, 1.165) is 5.56 Å². The molecule has 0 spiro atoms. The maximum absolute atomic E-state index is 13.0. The van der Waals surface area contributed by atoms with E-state index in [1.165, 1.54) is 6.92 Å². The van der Waals surface area contributed by atoms with Crippen LogP contribution in [0.25, 0.3) is 10.9 Å². The molecule has 1 aromatic heterocycles. The average Bonchev–Trinajstić information content (AvgIpc) is 2.32. The second-order valence-corrected chi connectivity index (χ2v) is 4.70. The van der Waals surface area contributed by atoms with Crippen molar-refractivity contribution in [3.05, 3.63) is 34.0 Å². The molecule has 0 radical (unpaired) electrons. The van der Waals surface area contributed by atoms with E-state index in [9.17, 15) is 13.2 Å². The molecule has 1 heterocycles. The second-order valence-electron chi connectivity index (χ2n) is 4.30. The highest BCUT2D eigenvalue weighted by atomic mass is 35.5. The molecular formula is C13H12ClF3N2. The molecule has 0 atom stereocenters. The summed E-state index contributed by atoms with van der Waals surface area (Å²) in [6.07, 6.45) is -4.50. The Bertz CT molecular complexity index is 651. The van der Waals surface area contributed by atoms with Crippen LogP contribution in [0.1, 0.15) is 16.8 Å². The third kappa shape index (κ3) is 2.23. The van der Waals surface area contributed by atoms with E-state index in [2.05, 4.69) is 10.3 Å².